The van der Waals surface area contributed by atoms with Crippen molar-refractivity contribution in [2.45, 2.75) is 56.5 Å². The number of likely N-dealkylation sites (tertiary alicyclic amines) is 1. The van der Waals surface area contributed by atoms with E-state index in [1.807, 2.05) is 18.3 Å². The predicted molar refractivity (Wildman–Crippen MR) is 117 cm³/mol. The van der Waals surface area contributed by atoms with Crippen molar-refractivity contribution < 1.29 is 55.3 Å². The molecule has 0 spiro atoms. The van der Waals surface area contributed by atoms with Crippen LogP contribution in [0.4, 0.5) is 26.3 Å². The molecule has 37 heavy (non-hydrogen) atoms. The molecule has 0 saturated carbocycles. The van der Waals surface area contributed by atoms with E-state index in [0.29, 0.717) is 18.2 Å². The zero-order valence-electron chi connectivity index (χ0n) is 19.4. The van der Waals surface area contributed by atoms with E-state index in [1.54, 1.807) is 17.6 Å². The van der Waals surface area contributed by atoms with Crippen LogP contribution in [0.25, 0.3) is 0 Å². The van der Waals surface area contributed by atoms with Crippen molar-refractivity contribution in [1.82, 2.24) is 14.8 Å². The zero-order valence-corrected chi connectivity index (χ0v) is 20.2. The van der Waals surface area contributed by atoms with Crippen LogP contribution < -0.4 is 0 Å². The predicted octanol–water partition coefficient (Wildman–Crippen LogP) is 3.87. The Morgan fingerprint density at radius 3 is 2.30 bits per heavy atom. The quantitative estimate of drug-likeness (QED) is 0.525. The van der Waals surface area contributed by atoms with E-state index < -0.39 is 24.3 Å². The van der Waals surface area contributed by atoms with Gasteiger partial charge in [0.25, 0.3) is 0 Å². The number of nitrogens with zero attached hydrogens (tertiary/aromatic N) is 3. The van der Waals surface area contributed by atoms with Gasteiger partial charge in [0.1, 0.15) is 10.8 Å². The number of rotatable bonds is 5. The van der Waals surface area contributed by atoms with Crippen LogP contribution in [0.2, 0.25) is 0 Å². The Kier molecular flexibility index (Phi) is 10.9. The summed E-state index contributed by atoms with van der Waals surface area (Å²) in [6.45, 7) is 3.69. The first-order valence-corrected chi connectivity index (χ1v) is 11.6. The van der Waals surface area contributed by atoms with Crippen molar-refractivity contribution in [2.24, 2.45) is 0 Å². The number of fused-ring (bicyclic) bond motifs is 1. The third-order valence-electron chi connectivity index (χ3n) is 5.46. The molecule has 2 aliphatic rings. The number of hydrogen-bond donors (Lipinski definition) is 2. The molecule has 4 heterocycles. The monoisotopic (exact) mass is 561 g/mol. The van der Waals surface area contributed by atoms with E-state index in [0.717, 1.165) is 38.4 Å². The minimum absolute atomic E-state index is 0.295. The fourth-order valence-electron chi connectivity index (χ4n) is 3.87. The second-order valence-electron chi connectivity index (χ2n) is 8.07. The van der Waals surface area contributed by atoms with E-state index in [2.05, 4.69) is 27.2 Å². The van der Waals surface area contributed by atoms with Gasteiger partial charge in [-0.3, -0.25) is 9.80 Å². The molecular weight excluding hydrogens is 536 g/mol. The molecule has 0 radical (unpaired) electrons. The average Bonchev–Trinajstić information content (AvgIpc) is 3.56. The van der Waals surface area contributed by atoms with Crippen molar-refractivity contribution >= 4 is 23.3 Å². The molecule has 208 valence electrons. The summed E-state index contributed by atoms with van der Waals surface area (Å²) in [7, 11) is 2.18. The highest BCUT2D eigenvalue weighted by atomic mass is 32.1. The number of carbonyl (C=O) groups is 2. The maximum Gasteiger partial charge on any atom is 0.490 e. The Balaban J connectivity index is 0.000000286. The summed E-state index contributed by atoms with van der Waals surface area (Å²) in [6, 6.07) is 4.91. The Morgan fingerprint density at radius 1 is 1.19 bits per heavy atom. The van der Waals surface area contributed by atoms with Crippen molar-refractivity contribution in [1.29, 1.82) is 0 Å². The topological polar surface area (TPSA) is 116 Å². The smallest absolute Gasteiger partial charge is 0.475 e. The molecule has 2 aromatic heterocycles. The Hall–Kier alpha value is -2.69. The van der Waals surface area contributed by atoms with Crippen molar-refractivity contribution in [3.8, 4) is 0 Å². The highest BCUT2D eigenvalue weighted by Gasteiger charge is 2.45. The molecule has 2 N–H and O–H groups in total. The molecule has 4 rings (SSSR count). The number of ether oxygens (including phenoxy) is 1. The summed E-state index contributed by atoms with van der Waals surface area (Å²) >= 11 is 1.74. The normalized spacial score (nSPS) is 21.9. The van der Waals surface area contributed by atoms with Gasteiger partial charge in [-0.15, -0.1) is 11.3 Å². The number of likely N-dealkylation sites (N-methyl/N-ethyl adjacent to an activating group) is 1. The summed E-state index contributed by atoms with van der Waals surface area (Å²) in [5.41, 5.74) is 0. The number of thiazole rings is 1. The number of hydrogen-bond acceptors (Lipinski definition) is 8. The fourth-order valence-corrected chi connectivity index (χ4v) is 4.51. The molecule has 2 aromatic rings. The lowest BCUT2D eigenvalue weighted by atomic mass is 10.0. The number of alkyl halides is 6. The first-order chi connectivity index (χ1) is 17.2. The molecule has 9 nitrogen and oxygen atoms in total. The third-order valence-corrected chi connectivity index (χ3v) is 6.23. The van der Waals surface area contributed by atoms with Crippen molar-refractivity contribution in [3.05, 3.63) is 40.7 Å². The van der Waals surface area contributed by atoms with E-state index in [4.69, 9.17) is 29.0 Å². The van der Waals surface area contributed by atoms with E-state index in [-0.39, 0.29) is 0 Å². The zero-order chi connectivity index (χ0) is 27.8. The Labute approximate surface area is 211 Å². The summed E-state index contributed by atoms with van der Waals surface area (Å²) in [5.74, 6) is -4.50. The number of aliphatic carboxylic acids is 2. The Bertz CT molecular complexity index is 947. The second-order valence-corrected chi connectivity index (χ2v) is 9.05. The van der Waals surface area contributed by atoms with Crippen LogP contribution in [0.1, 0.15) is 23.6 Å². The van der Waals surface area contributed by atoms with Crippen molar-refractivity contribution in [3.63, 3.8) is 0 Å². The van der Waals surface area contributed by atoms with Gasteiger partial charge in [0, 0.05) is 30.8 Å². The standard InChI is InChI=1S/C17H23N3O2S.2C2HF3O2/c1-19(10-13-4-2-7-21-13)15-11-20(12-16-18-6-9-23-16)14-5-3-8-22-17(14)15;2*3-2(4,5)1(6)7/h2,4,6-7,9,14-15,17H,3,5,8,10-12H2,1H3;2*(H,6,7)/t14-,15-,17+;;/m1../s1. The lowest BCUT2D eigenvalue weighted by Crippen LogP contribution is -2.46. The first kappa shape index (κ1) is 30.5. The molecule has 3 atom stereocenters. The van der Waals surface area contributed by atoms with Crippen LogP contribution in [-0.4, -0.2) is 87.7 Å². The Morgan fingerprint density at radius 2 is 1.81 bits per heavy atom. The van der Waals surface area contributed by atoms with E-state index in [9.17, 15) is 26.3 Å². The van der Waals surface area contributed by atoms with Crippen LogP contribution >= 0.6 is 11.3 Å². The maximum atomic E-state index is 10.6. The molecule has 0 aliphatic carbocycles. The van der Waals surface area contributed by atoms with Gasteiger partial charge in [0.2, 0.25) is 0 Å². The molecule has 2 saturated heterocycles. The second kappa shape index (κ2) is 13.2. The summed E-state index contributed by atoms with van der Waals surface area (Å²) in [4.78, 5) is 27.2. The average molecular weight is 562 g/mol. The summed E-state index contributed by atoms with van der Waals surface area (Å²) in [6.07, 6.45) is -3.85. The lowest BCUT2D eigenvalue weighted by Gasteiger charge is -2.34. The van der Waals surface area contributed by atoms with Gasteiger partial charge >= 0.3 is 24.3 Å². The fraction of sp³-hybridized carbons (Fsp3) is 0.571. The molecule has 2 aliphatic heterocycles. The first-order valence-electron chi connectivity index (χ1n) is 10.8. The minimum atomic E-state index is -5.08. The molecule has 0 bridgehead atoms. The SMILES string of the molecule is CN(Cc1ccco1)[C@@H]1CN(Cc2nccs2)[C@@H]2CCCO[C@H]12.O=C(O)C(F)(F)F.O=C(O)C(F)(F)F. The number of carboxylic acids is 2. The van der Waals surface area contributed by atoms with E-state index in [1.165, 1.54) is 11.4 Å². The highest BCUT2D eigenvalue weighted by molar-refractivity contribution is 7.09. The molecule has 0 unspecified atom stereocenters. The molecular formula is C21H25F6N3O6S. The number of furan rings is 1. The number of aromatic nitrogens is 1. The number of halogens is 6. The van der Waals surface area contributed by atoms with Gasteiger partial charge in [-0.1, -0.05) is 0 Å². The van der Waals surface area contributed by atoms with Crippen LogP contribution in [0, 0.1) is 0 Å². The van der Waals surface area contributed by atoms with Crippen LogP contribution in [-0.2, 0) is 27.4 Å². The van der Waals surface area contributed by atoms with Crippen LogP contribution in [0.15, 0.2) is 34.4 Å². The van der Waals surface area contributed by atoms with Gasteiger partial charge in [-0.05, 0) is 32.0 Å². The lowest BCUT2D eigenvalue weighted by molar-refractivity contribution is -0.193. The highest BCUT2D eigenvalue weighted by Crippen LogP contribution is 2.33. The van der Waals surface area contributed by atoms with Gasteiger partial charge in [-0.2, -0.15) is 26.3 Å². The van der Waals surface area contributed by atoms with Gasteiger partial charge < -0.3 is 19.4 Å². The summed E-state index contributed by atoms with van der Waals surface area (Å²) < 4.78 is 75.2. The number of carboxylic acid groups (broad SMARTS) is 2. The molecule has 16 heteroatoms. The molecule has 2 fully saturated rings. The van der Waals surface area contributed by atoms with Gasteiger partial charge in [0.05, 0.1) is 31.5 Å². The minimum Gasteiger partial charge on any atom is -0.475 e. The molecule has 0 amide bonds. The van der Waals surface area contributed by atoms with E-state index >= 15 is 0 Å². The molecule has 0 aromatic carbocycles. The third kappa shape index (κ3) is 9.60. The summed E-state index contributed by atoms with van der Waals surface area (Å²) in [5, 5.41) is 17.5. The van der Waals surface area contributed by atoms with Crippen molar-refractivity contribution in [2.75, 3.05) is 20.2 Å². The van der Waals surface area contributed by atoms with Crippen LogP contribution in [0.3, 0.4) is 0 Å². The van der Waals surface area contributed by atoms with Gasteiger partial charge in [-0.25, -0.2) is 14.6 Å². The maximum absolute atomic E-state index is 10.6. The largest absolute Gasteiger partial charge is 0.490 e. The van der Waals surface area contributed by atoms with Crippen LogP contribution in [0.5, 0.6) is 0 Å². The van der Waals surface area contributed by atoms with Gasteiger partial charge in [0.15, 0.2) is 0 Å².